The van der Waals surface area contributed by atoms with E-state index in [0.717, 1.165) is 25.9 Å². The number of carbonyl (C=O) groups is 2. The molecule has 19 heavy (non-hydrogen) atoms. The molecule has 0 aromatic heterocycles. The van der Waals surface area contributed by atoms with Gasteiger partial charge in [-0.15, -0.1) is 0 Å². The molecule has 2 fully saturated rings. The molecule has 0 aliphatic carbocycles. The average Bonchev–Trinajstić information content (AvgIpc) is 2.91. The standard InChI is InChI=1S/C13H24N4O2/c14-11(9-12(15)18)13(19)17-7-3-10(4-8-17)16-5-1-2-6-16/h10-11H,1-9,14H2,(H2,15,18). The summed E-state index contributed by atoms with van der Waals surface area (Å²) in [6.45, 7) is 3.87. The van der Waals surface area contributed by atoms with Crippen LogP contribution in [-0.2, 0) is 9.59 Å². The first-order valence-electron chi connectivity index (χ1n) is 7.14. The van der Waals surface area contributed by atoms with Crippen molar-refractivity contribution in [3.05, 3.63) is 0 Å². The zero-order valence-electron chi connectivity index (χ0n) is 11.4. The maximum absolute atomic E-state index is 12.0. The van der Waals surface area contributed by atoms with Crippen molar-refractivity contribution in [3.8, 4) is 0 Å². The Morgan fingerprint density at radius 2 is 1.68 bits per heavy atom. The molecule has 0 aromatic rings. The maximum atomic E-state index is 12.0. The van der Waals surface area contributed by atoms with E-state index < -0.39 is 11.9 Å². The van der Waals surface area contributed by atoms with Crippen molar-refractivity contribution >= 4 is 11.8 Å². The third-order valence-corrected chi connectivity index (χ3v) is 4.17. The highest BCUT2D eigenvalue weighted by atomic mass is 16.2. The highest BCUT2D eigenvalue weighted by Gasteiger charge is 2.30. The van der Waals surface area contributed by atoms with Gasteiger partial charge in [-0.1, -0.05) is 0 Å². The molecule has 2 aliphatic heterocycles. The number of primary amides is 1. The predicted molar refractivity (Wildman–Crippen MR) is 72.2 cm³/mol. The Morgan fingerprint density at radius 3 is 2.21 bits per heavy atom. The fourth-order valence-electron chi connectivity index (χ4n) is 3.10. The molecule has 6 nitrogen and oxygen atoms in total. The van der Waals surface area contributed by atoms with Gasteiger partial charge in [0.2, 0.25) is 11.8 Å². The van der Waals surface area contributed by atoms with E-state index in [2.05, 4.69) is 4.90 Å². The van der Waals surface area contributed by atoms with E-state index >= 15 is 0 Å². The van der Waals surface area contributed by atoms with Crippen molar-refractivity contribution < 1.29 is 9.59 Å². The Balaban J connectivity index is 1.78. The van der Waals surface area contributed by atoms with Crippen molar-refractivity contribution in [3.63, 3.8) is 0 Å². The SMILES string of the molecule is NC(=O)CC(N)C(=O)N1CCC(N2CCCC2)CC1. The number of nitrogens with zero attached hydrogens (tertiary/aromatic N) is 2. The van der Waals surface area contributed by atoms with Crippen LogP contribution in [0.4, 0.5) is 0 Å². The van der Waals surface area contributed by atoms with E-state index in [1.165, 1.54) is 25.9 Å². The number of rotatable bonds is 4. The lowest BCUT2D eigenvalue weighted by Crippen LogP contribution is -2.51. The number of piperidine rings is 1. The molecule has 0 saturated carbocycles. The molecule has 2 saturated heterocycles. The maximum Gasteiger partial charge on any atom is 0.240 e. The molecule has 0 bridgehead atoms. The normalized spacial score (nSPS) is 23.5. The lowest BCUT2D eigenvalue weighted by atomic mass is 10.0. The molecule has 6 heteroatoms. The molecule has 2 aliphatic rings. The Hall–Kier alpha value is -1.14. The molecule has 0 aromatic carbocycles. The number of hydrogen-bond donors (Lipinski definition) is 2. The minimum absolute atomic E-state index is 0.0646. The predicted octanol–water partition coefficient (Wildman–Crippen LogP) is -0.724. The highest BCUT2D eigenvalue weighted by molar-refractivity contribution is 5.87. The van der Waals surface area contributed by atoms with Gasteiger partial charge in [-0.25, -0.2) is 0 Å². The van der Waals surface area contributed by atoms with Gasteiger partial charge in [0, 0.05) is 19.1 Å². The van der Waals surface area contributed by atoms with Crippen LogP contribution in [0, 0.1) is 0 Å². The van der Waals surface area contributed by atoms with Crippen molar-refractivity contribution in [2.45, 2.75) is 44.2 Å². The van der Waals surface area contributed by atoms with Crippen LogP contribution in [0.3, 0.4) is 0 Å². The van der Waals surface area contributed by atoms with Crippen molar-refractivity contribution in [2.24, 2.45) is 11.5 Å². The fourth-order valence-corrected chi connectivity index (χ4v) is 3.10. The van der Waals surface area contributed by atoms with Gasteiger partial charge < -0.3 is 21.3 Å². The third-order valence-electron chi connectivity index (χ3n) is 4.17. The minimum atomic E-state index is -0.777. The Morgan fingerprint density at radius 1 is 1.11 bits per heavy atom. The largest absolute Gasteiger partial charge is 0.370 e. The Labute approximate surface area is 114 Å². The minimum Gasteiger partial charge on any atom is -0.370 e. The van der Waals surface area contributed by atoms with E-state index in [4.69, 9.17) is 11.5 Å². The molecular weight excluding hydrogens is 244 g/mol. The van der Waals surface area contributed by atoms with Crippen LogP contribution >= 0.6 is 0 Å². The Bertz CT molecular complexity index is 334. The second-order valence-corrected chi connectivity index (χ2v) is 5.58. The first-order chi connectivity index (χ1) is 9.08. The summed E-state index contributed by atoms with van der Waals surface area (Å²) in [6.07, 6.45) is 4.54. The smallest absolute Gasteiger partial charge is 0.240 e. The van der Waals surface area contributed by atoms with E-state index in [1.54, 1.807) is 4.90 Å². The van der Waals surface area contributed by atoms with E-state index in [0.29, 0.717) is 6.04 Å². The number of amides is 2. The molecule has 2 rings (SSSR count). The second-order valence-electron chi connectivity index (χ2n) is 5.58. The van der Waals surface area contributed by atoms with Gasteiger partial charge in [0.1, 0.15) is 0 Å². The molecule has 2 amide bonds. The van der Waals surface area contributed by atoms with Crippen LogP contribution in [0.1, 0.15) is 32.1 Å². The summed E-state index contributed by atoms with van der Waals surface area (Å²) in [7, 11) is 0. The highest BCUT2D eigenvalue weighted by Crippen LogP contribution is 2.21. The quantitative estimate of drug-likeness (QED) is 0.703. The zero-order chi connectivity index (χ0) is 13.8. The first kappa shape index (κ1) is 14.3. The zero-order valence-corrected chi connectivity index (χ0v) is 11.4. The van der Waals surface area contributed by atoms with E-state index in [-0.39, 0.29) is 12.3 Å². The number of hydrogen-bond acceptors (Lipinski definition) is 4. The van der Waals surface area contributed by atoms with Crippen LogP contribution in [-0.4, -0.2) is 59.9 Å². The summed E-state index contributed by atoms with van der Waals surface area (Å²) < 4.78 is 0. The van der Waals surface area contributed by atoms with Crippen molar-refractivity contribution in [1.29, 1.82) is 0 Å². The lowest BCUT2D eigenvalue weighted by molar-refractivity contribution is -0.136. The molecule has 1 atom stereocenters. The van der Waals surface area contributed by atoms with Gasteiger partial charge in [0.05, 0.1) is 12.5 Å². The summed E-state index contributed by atoms with van der Waals surface area (Å²) >= 11 is 0. The topological polar surface area (TPSA) is 92.7 Å². The van der Waals surface area contributed by atoms with Gasteiger partial charge in [-0.05, 0) is 38.8 Å². The number of nitrogens with two attached hydrogens (primary N) is 2. The van der Waals surface area contributed by atoms with Gasteiger partial charge in [-0.2, -0.15) is 0 Å². The molecular formula is C13H24N4O2. The monoisotopic (exact) mass is 268 g/mol. The molecule has 2 heterocycles. The lowest BCUT2D eigenvalue weighted by Gasteiger charge is -2.37. The molecule has 108 valence electrons. The van der Waals surface area contributed by atoms with Crippen LogP contribution in [0.5, 0.6) is 0 Å². The Kier molecular flexibility index (Phi) is 4.76. The van der Waals surface area contributed by atoms with Gasteiger partial charge >= 0.3 is 0 Å². The van der Waals surface area contributed by atoms with Crippen molar-refractivity contribution in [1.82, 2.24) is 9.80 Å². The number of likely N-dealkylation sites (tertiary alicyclic amines) is 2. The van der Waals surface area contributed by atoms with E-state index in [9.17, 15) is 9.59 Å². The third kappa shape index (κ3) is 3.67. The van der Waals surface area contributed by atoms with Crippen LogP contribution in [0.15, 0.2) is 0 Å². The molecule has 1 unspecified atom stereocenters. The van der Waals surface area contributed by atoms with Gasteiger partial charge in [0.25, 0.3) is 0 Å². The van der Waals surface area contributed by atoms with Gasteiger partial charge in [-0.3, -0.25) is 9.59 Å². The second kappa shape index (κ2) is 6.34. The fraction of sp³-hybridized carbons (Fsp3) is 0.846. The van der Waals surface area contributed by atoms with Crippen LogP contribution in [0.25, 0.3) is 0 Å². The van der Waals surface area contributed by atoms with Crippen molar-refractivity contribution in [2.75, 3.05) is 26.2 Å². The number of carbonyl (C=O) groups excluding carboxylic acids is 2. The molecule has 4 N–H and O–H groups in total. The van der Waals surface area contributed by atoms with E-state index in [1.807, 2.05) is 0 Å². The van der Waals surface area contributed by atoms with Crippen LogP contribution < -0.4 is 11.5 Å². The summed E-state index contributed by atoms with van der Waals surface area (Å²) in [4.78, 5) is 27.1. The van der Waals surface area contributed by atoms with Crippen LogP contribution in [0.2, 0.25) is 0 Å². The average molecular weight is 268 g/mol. The summed E-state index contributed by atoms with van der Waals surface area (Å²) in [5, 5.41) is 0. The first-order valence-corrected chi connectivity index (χ1v) is 7.14. The summed E-state index contributed by atoms with van der Waals surface area (Å²) in [5.41, 5.74) is 10.8. The summed E-state index contributed by atoms with van der Waals surface area (Å²) in [6, 6.07) is -0.167. The molecule has 0 radical (unpaired) electrons. The van der Waals surface area contributed by atoms with Gasteiger partial charge in [0.15, 0.2) is 0 Å². The molecule has 0 spiro atoms. The summed E-state index contributed by atoms with van der Waals surface area (Å²) in [5.74, 6) is -0.661.